The van der Waals surface area contributed by atoms with E-state index in [-0.39, 0.29) is 24.2 Å². The monoisotopic (exact) mass is 693 g/mol. The number of carbonyl (C=O) groups is 3. The molecule has 266 valence electrons. The van der Waals surface area contributed by atoms with Crippen molar-refractivity contribution in [2.24, 2.45) is 5.41 Å². The van der Waals surface area contributed by atoms with Crippen molar-refractivity contribution < 1.29 is 19.1 Å². The number of ketones is 1. The number of aromatic nitrogens is 2. The van der Waals surface area contributed by atoms with E-state index in [2.05, 4.69) is 23.6 Å². The molecule has 0 saturated heterocycles. The average Bonchev–Trinajstić information content (AvgIpc) is 3.48. The predicted molar refractivity (Wildman–Crippen MR) is 208 cm³/mol. The van der Waals surface area contributed by atoms with Gasteiger partial charge in [-0.1, -0.05) is 104 Å². The lowest BCUT2D eigenvalue weighted by atomic mass is 9.75. The van der Waals surface area contributed by atoms with Crippen LogP contribution in [0.15, 0.2) is 115 Å². The van der Waals surface area contributed by atoms with Crippen LogP contribution in [-0.2, 0) is 17.7 Å². The molecule has 1 aliphatic rings. The standard InChI is InChI=1S/C45H47N3O4/c1-7-16-39-46-40-31(2)27-35(42(50)47(6)30-45(25-14-9-15-26-45)41(49)34-17-10-8-11-18-34)28-38(40)48(39)29-32-21-23-33(24-22-32)36-19-12-13-20-37(36)43(51)52-44(3,4)5/h8-15,17-25,27-28H,7,16,26,29-30H2,1-6H3. The van der Waals surface area contributed by atoms with Gasteiger partial charge in [-0.3, -0.25) is 9.59 Å². The van der Waals surface area contributed by atoms with Gasteiger partial charge in [0.15, 0.2) is 5.78 Å². The summed E-state index contributed by atoms with van der Waals surface area (Å²) in [5.41, 5.74) is 5.79. The lowest BCUT2D eigenvalue weighted by Crippen LogP contribution is -2.43. The highest BCUT2D eigenvalue weighted by Crippen LogP contribution is 2.34. The summed E-state index contributed by atoms with van der Waals surface area (Å²) in [7, 11) is 1.77. The zero-order chi connectivity index (χ0) is 37.0. The van der Waals surface area contributed by atoms with Crippen LogP contribution in [0, 0.1) is 12.3 Å². The van der Waals surface area contributed by atoms with E-state index < -0.39 is 11.0 Å². The van der Waals surface area contributed by atoms with Gasteiger partial charge in [-0.15, -0.1) is 0 Å². The van der Waals surface area contributed by atoms with Crippen LogP contribution in [0.5, 0.6) is 0 Å². The molecule has 0 fully saturated rings. The maximum atomic E-state index is 14.2. The molecule has 52 heavy (non-hydrogen) atoms. The summed E-state index contributed by atoms with van der Waals surface area (Å²) in [6.45, 7) is 10.6. The average molecular weight is 694 g/mol. The van der Waals surface area contributed by atoms with Crippen molar-refractivity contribution in [1.29, 1.82) is 0 Å². The smallest absolute Gasteiger partial charge is 0.339 e. The van der Waals surface area contributed by atoms with Crippen LogP contribution in [0.2, 0.25) is 0 Å². The molecule has 7 nitrogen and oxygen atoms in total. The molecule has 0 radical (unpaired) electrons. The Bertz CT molecular complexity index is 2170. The van der Waals surface area contributed by atoms with Gasteiger partial charge in [0.2, 0.25) is 0 Å². The minimum Gasteiger partial charge on any atom is -0.456 e. The number of carbonyl (C=O) groups excluding carboxylic acids is 3. The normalized spacial score (nSPS) is 15.5. The zero-order valence-corrected chi connectivity index (χ0v) is 31.0. The Labute approximate surface area is 306 Å². The lowest BCUT2D eigenvalue weighted by molar-refractivity contribution is 0.00701. The quantitative estimate of drug-likeness (QED) is 0.102. The van der Waals surface area contributed by atoms with Gasteiger partial charge in [0, 0.05) is 37.7 Å². The van der Waals surface area contributed by atoms with E-state index >= 15 is 0 Å². The topological polar surface area (TPSA) is 81.5 Å². The third kappa shape index (κ3) is 7.69. The highest BCUT2D eigenvalue weighted by Gasteiger charge is 2.38. The second kappa shape index (κ2) is 15.0. The van der Waals surface area contributed by atoms with Crippen molar-refractivity contribution in [3.05, 3.63) is 149 Å². The number of amides is 1. The number of hydrogen-bond donors (Lipinski definition) is 0. The van der Waals surface area contributed by atoms with E-state index in [4.69, 9.17) is 9.72 Å². The fourth-order valence-corrected chi connectivity index (χ4v) is 6.99. The number of esters is 1. The molecule has 6 rings (SSSR count). The van der Waals surface area contributed by atoms with Crippen LogP contribution >= 0.6 is 0 Å². The summed E-state index contributed by atoms with van der Waals surface area (Å²) in [4.78, 5) is 47.8. The van der Waals surface area contributed by atoms with E-state index in [1.54, 1.807) is 18.0 Å². The fraction of sp³-hybridized carbons (Fsp3) is 0.289. The SMILES string of the molecule is CCCc1nc2c(C)cc(C(=O)N(C)CC3(C(=O)c4ccccc4)C=CC=CC3)cc2n1Cc1ccc(-c2ccccc2C(=O)OC(C)(C)C)cc1. The zero-order valence-electron chi connectivity index (χ0n) is 31.0. The van der Waals surface area contributed by atoms with E-state index in [9.17, 15) is 14.4 Å². The highest BCUT2D eigenvalue weighted by atomic mass is 16.6. The summed E-state index contributed by atoms with van der Waals surface area (Å²) in [6, 6.07) is 28.9. The van der Waals surface area contributed by atoms with Gasteiger partial charge >= 0.3 is 5.97 Å². The Morgan fingerprint density at radius 2 is 1.62 bits per heavy atom. The van der Waals surface area contributed by atoms with E-state index in [1.807, 2.05) is 125 Å². The molecule has 0 spiro atoms. The van der Waals surface area contributed by atoms with Gasteiger partial charge in [0.25, 0.3) is 5.91 Å². The first-order chi connectivity index (χ1) is 24.9. The Morgan fingerprint density at radius 1 is 0.904 bits per heavy atom. The van der Waals surface area contributed by atoms with Crippen LogP contribution in [0.25, 0.3) is 22.2 Å². The number of hydrogen-bond acceptors (Lipinski definition) is 5. The molecule has 5 aromatic rings. The molecule has 1 amide bonds. The van der Waals surface area contributed by atoms with Gasteiger partial charge in [0.1, 0.15) is 11.4 Å². The van der Waals surface area contributed by atoms with Crippen molar-refractivity contribution in [2.45, 2.75) is 66.0 Å². The number of imidazole rings is 1. The summed E-state index contributed by atoms with van der Waals surface area (Å²) < 4.78 is 7.89. The van der Waals surface area contributed by atoms with Crippen molar-refractivity contribution in [3.63, 3.8) is 0 Å². The molecule has 0 aliphatic heterocycles. The number of fused-ring (bicyclic) bond motifs is 1. The van der Waals surface area contributed by atoms with E-state index in [0.717, 1.165) is 52.0 Å². The molecule has 0 bridgehead atoms. The van der Waals surface area contributed by atoms with E-state index in [0.29, 0.717) is 29.7 Å². The van der Waals surface area contributed by atoms with Gasteiger partial charge in [-0.05, 0) is 81.0 Å². The van der Waals surface area contributed by atoms with Gasteiger partial charge < -0.3 is 14.2 Å². The third-order valence-corrected chi connectivity index (χ3v) is 9.49. The van der Waals surface area contributed by atoms with Gasteiger partial charge in [-0.25, -0.2) is 9.78 Å². The third-order valence-electron chi connectivity index (χ3n) is 9.49. The van der Waals surface area contributed by atoms with Crippen LogP contribution in [0.1, 0.15) is 88.6 Å². The Balaban J connectivity index is 1.29. The maximum Gasteiger partial charge on any atom is 0.339 e. The van der Waals surface area contributed by atoms with Gasteiger partial charge in [0.05, 0.1) is 22.0 Å². The first-order valence-corrected chi connectivity index (χ1v) is 18.0. The first kappa shape index (κ1) is 36.2. The molecular formula is C45H47N3O4. The largest absolute Gasteiger partial charge is 0.456 e. The number of Topliss-reactive ketones (excluding diaryl/α,β-unsaturated/α-hetero) is 1. The number of nitrogens with zero attached hydrogens (tertiary/aromatic N) is 3. The summed E-state index contributed by atoms with van der Waals surface area (Å²) >= 11 is 0. The van der Waals surface area contributed by atoms with Gasteiger partial charge in [-0.2, -0.15) is 0 Å². The van der Waals surface area contributed by atoms with E-state index in [1.165, 1.54) is 0 Å². The van der Waals surface area contributed by atoms with Crippen LogP contribution in [-0.4, -0.2) is 51.3 Å². The summed E-state index contributed by atoms with van der Waals surface area (Å²) in [5, 5.41) is 0. The number of allylic oxidation sites excluding steroid dienone is 3. The lowest BCUT2D eigenvalue weighted by Gasteiger charge is -2.34. The van der Waals surface area contributed by atoms with Crippen LogP contribution < -0.4 is 0 Å². The molecule has 0 saturated carbocycles. The highest BCUT2D eigenvalue weighted by molar-refractivity contribution is 6.03. The number of benzene rings is 4. The number of ether oxygens (including phenoxy) is 1. The molecule has 1 unspecified atom stereocenters. The molecule has 1 aromatic heterocycles. The second-order valence-corrected chi connectivity index (χ2v) is 14.8. The Morgan fingerprint density at radius 3 is 2.29 bits per heavy atom. The fourth-order valence-electron chi connectivity index (χ4n) is 6.99. The van der Waals surface area contributed by atoms with Crippen molar-refractivity contribution in [2.75, 3.05) is 13.6 Å². The maximum absolute atomic E-state index is 14.2. The van der Waals surface area contributed by atoms with Crippen molar-refractivity contribution in [3.8, 4) is 11.1 Å². The molecule has 7 heteroatoms. The first-order valence-electron chi connectivity index (χ1n) is 18.0. The molecule has 0 N–H and O–H groups in total. The molecule has 1 atom stereocenters. The van der Waals surface area contributed by atoms with Crippen LogP contribution in [0.3, 0.4) is 0 Å². The Kier molecular flexibility index (Phi) is 10.4. The van der Waals surface area contributed by atoms with Crippen molar-refractivity contribution >= 4 is 28.7 Å². The van der Waals surface area contributed by atoms with Crippen LogP contribution in [0.4, 0.5) is 0 Å². The minimum atomic E-state index is -0.852. The number of rotatable bonds is 11. The Hall–Kier alpha value is -5.56. The predicted octanol–water partition coefficient (Wildman–Crippen LogP) is 9.43. The summed E-state index contributed by atoms with van der Waals surface area (Å²) in [5.74, 6) is 0.467. The minimum absolute atomic E-state index is 0.00149. The molecule has 1 aliphatic carbocycles. The second-order valence-electron chi connectivity index (χ2n) is 14.8. The summed E-state index contributed by atoms with van der Waals surface area (Å²) in [6.07, 6.45) is 10.0. The molecular weight excluding hydrogens is 647 g/mol. The molecule has 4 aromatic carbocycles. The number of aryl methyl sites for hydroxylation is 2. The molecule has 1 heterocycles. The van der Waals surface area contributed by atoms with Crippen molar-refractivity contribution in [1.82, 2.24) is 14.5 Å².